The number of amidine groups is 1. The molecule has 3 atom stereocenters. The van der Waals surface area contributed by atoms with Gasteiger partial charge in [0.15, 0.2) is 0 Å². The van der Waals surface area contributed by atoms with E-state index in [2.05, 4.69) is 10.3 Å². The maximum Gasteiger partial charge on any atom is 0.282 e. The fourth-order valence-corrected chi connectivity index (χ4v) is 3.68. The molecule has 2 unspecified atom stereocenters. The Balaban J connectivity index is 1.89. The lowest BCUT2D eigenvalue weighted by molar-refractivity contribution is 0.128. The van der Waals surface area contributed by atoms with Crippen LogP contribution in [0.4, 0.5) is 13.2 Å². The average molecular weight is 363 g/mol. The summed E-state index contributed by atoms with van der Waals surface area (Å²) < 4.78 is 47.8. The second-order valence-electron chi connectivity index (χ2n) is 6.60. The first kappa shape index (κ1) is 16.8. The molecule has 0 bridgehead atoms. The minimum Gasteiger partial charge on any atom is -0.462 e. The Bertz CT molecular complexity index is 892. The molecule has 4 rings (SSSR count). The van der Waals surface area contributed by atoms with Gasteiger partial charge < -0.3 is 15.2 Å². The zero-order chi connectivity index (χ0) is 18.5. The first-order chi connectivity index (χ1) is 12.5. The number of ether oxygens (including phenoxy) is 1. The molecule has 1 saturated carbocycles. The SMILES string of the molecule is N=C1N[C@](CF)(c2cc(-c3cncc(F)c3)c(CO)cc2F)C2CC2O1. The Kier molecular flexibility index (Phi) is 3.87. The van der Waals surface area contributed by atoms with Crippen molar-refractivity contribution in [3.05, 3.63) is 53.4 Å². The maximum atomic E-state index is 14.8. The van der Waals surface area contributed by atoms with Crippen molar-refractivity contribution in [1.82, 2.24) is 10.3 Å². The third kappa shape index (κ3) is 2.52. The summed E-state index contributed by atoms with van der Waals surface area (Å²) in [5.74, 6) is -1.59. The summed E-state index contributed by atoms with van der Waals surface area (Å²) in [6.45, 7) is -1.40. The molecule has 1 aromatic heterocycles. The predicted octanol–water partition coefficient (Wildman–Crippen LogP) is 2.63. The Hall–Kier alpha value is -2.61. The van der Waals surface area contributed by atoms with Gasteiger partial charge in [-0.05, 0) is 35.7 Å². The van der Waals surface area contributed by atoms with E-state index in [1.54, 1.807) is 0 Å². The normalized spacial score (nSPS) is 26.7. The lowest BCUT2D eigenvalue weighted by atomic mass is 9.82. The van der Waals surface area contributed by atoms with Gasteiger partial charge in [0.1, 0.15) is 30.0 Å². The highest BCUT2D eigenvalue weighted by molar-refractivity contribution is 5.75. The Morgan fingerprint density at radius 1 is 1.31 bits per heavy atom. The topological polar surface area (TPSA) is 78.2 Å². The lowest BCUT2D eigenvalue weighted by Crippen LogP contribution is -2.54. The van der Waals surface area contributed by atoms with Gasteiger partial charge in [-0.2, -0.15) is 0 Å². The van der Waals surface area contributed by atoms with Crippen LogP contribution in [0.5, 0.6) is 0 Å². The number of halogens is 3. The molecule has 2 heterocycles. The van der Waals surface area contributed by atoms with Gasteiger partial charge in [-0.25, -0.2) is 13.2 Å². The van der Waals surface area contributed by atoms with Crippen LogP contribution < -0.4 is 5.32 Å². The molecule has 0 radical (unpaired) electrons. The molecule has 1 aromatic carbocycles. The number of aliphatic hydroxyl groups excluding tert-OH is 1. The summed E-state index contributed by atoms with van der Waals surface area (Å²) in [6.07, 6.45) is 2.61. The summed E-state index contributed by atoms with van der Waals surface area (Å²) in [4.78, 5) is 3.78. The Labute approximate surface area is 147 Å². The number of hydrogen-bond acceptors (Lipinski definition) is 4. The molecule has 26 heavy (non-hydrogen) atoms. The number of pyridine rings is 1. The average Bonchev–Trinajstić information content (AvgIpc) is 3.40. The van der Waals surface area contributed by atoms with Crippen molar-refractivity contribution in [3.8, 4) is 11.1 Å². The van der Waals surface area contributed by atoms with Crippen LogP contribution >= 0.6 is 0 Å². The summed E-state index contributed by atoms with van der Waals surface area (Å²) in [7, 11) is 0. The van der Waals surface area contributed by atoms with Crippen molar-refractivity contribution in [3.63, 3.8) is 0 Å². The van der Waals surface area contributed by atoms with Gasteiger partial charge in [0, 0.05) is 23.2 Å². The van der Waals surface area contributed by atoms with Gasteiger partial charge in [0.2, 0.25) is 0 Å². The summed E-state index contributed by atoms with van der Waals surface area (Å²) in [6, 6.07) is 3.43. The second-order valence-corrected chi connectivity index (χ2v) is 6.60. The Morgan fingerprint density at radius 2 is 2.12 bits per heavy atom. The minimum atomic E-state index is -1.42. The molecule has 1 aliphatic carbocycles. The maximum absolute atomic E-state index is 14.8. The molecule has 1 aliphatic heterocycles. The van der Waals surface area contributed by atoms with E-state index in [9.17, 15) is 18.3 Å². The second kappa shape index (κ2) is 5.98. The van der Waals surface area contributed by atoms with E-state index in [1.807, 2.05) is 0 Å². The first-order valence-electron chi connectivity index (χ1n) is 8.12. The van der Waals surface area contributed by atoms with E-state index in [0.29, 0.717) is 17.5 Å². The number of nitrogens with zero attached hydrogens (tertiary/aromatic N) is 1. The number of rotatable bonds is 4. The van der Waals surface area contributed by atoms with Crippen LogP contribution in [0.25, 0.3) is 11.1 Å². The molecule has 136 valence electrons. The van der Waals surface area contributed by atoms with Gasteiger partial charge in [-0.1, -0.05) is 0 Å². The van der Waals surface area contributed by atoms with Gasteiger partial charge >= 0.3 is 0 Å². The molecule has 8 heteroatoms. The molecular weight excluding hydrogens is 347 g/mol. The first-order valence-corrected chi connectivity index (χ1v) is 8.12. The third-order valence-corrected chi connectivity index (χ3v) is 5.04. The number of hydrogen-bond donors (Lipinski definition) is 3. The molecule has 0 spiro atoms. The Morgan fingerprint density at radius 3 is 2.81 bits per heavy atom. The van der Waals surface area contributed by atoms with Crippen molar-refractivity contribution in [2.24, 2.45) is 5.92 Å². The van der Waals surface area contributed by atoms with Crippen LogP contribution in [0, 0.1) is 23.0 Å². The number of alkyl halides is 1. The summed E-state index contributed by atoms with van der Waals surface area (Å²) in [5.41, 5.74) is -0.452. The largest absolute Gasteiger partial charge is 0.462 e. The smallest absolute Gasteiger partial charge is 0.282 e. The van der Waals surface area contributed by atoms with Crippen LogP contribution in [0.2, 0.25) is 0 Å². The van der Waals surface area contributed by atoms with E-state index in [0.717, 1.165) is 12.3 Å². The van der Waals surface area contributed by atoms with Crippen LogP contribution in [-0.4, -0.2) is 28.9 Å². The van der Waals surface area contributed by atoms with Gasteiger partial charge in [0.25, 0.3) is 6.02 Å². The van der Waals surface area contributed by atoms with Crippen LogP contribution in [0.15, 0.2) is 30.6 Å². The number of benzene rings is 1. The van der Waals surface area contributed by atoms with Crippen molar-refractivity contribution in [2.75, 3.05) is 6.67 Å². The zero-order valence-electron chi connectivity index (χ0n) is 13.6. The van der Waals surface area contributed by atoms with Gasteiger partial charge in [-0.3, -0.25) is 10.4 Å². The fourth-order valence-electron chi connectivity index (χ4n) is 3.68. The number of fused-ring (bicyclic) bond motifs is 1. The highest BCUT2D eigenvalue weighted by Gasteiger charge is 2.60. The predicted molar refractivity (Wildman–Crippen MR) is 87.0 cm³/mol. The van der Waals surface area contributed by atoms with Crippen LogP contribution in [0.3, 0.4) is 0 Å². The van der Waals surface area contributed by atoms with E-state index in [1.165, 1.54) is 18.3 Å². The van der Waals surface area contributed by atoms with Crippen molar-refractivity contribution in [2.45, 2.75) is 24.7 Å². The molecule has 2 aliphatic rings. The van der Waals surface area contributed by atoms with E-state index in [4.69, 9.17) is 10.1 Å². The fraction of sp³-hybridized carbons (Fsp3) is 0.333. The van der Waals surface area contributed by atoms with E-state index in [-0.39, 0.29) is 29.2 Å². The zero-order valence-corrected chi connectivity index (χ0v) is 13.6. The molecule has 2 aromatic rings. The summed E-state index contributed by atoms with van der Waals surface area (Å²) in [5, 5.41) is 19.9. The minimum absolute atomic E-state index is 0.0250. The van der Waals surface area contributed by atoms with E-state index >= 15 is 0 Å². The molecule has 2 fully saturated rings. The molecule has 0 amide bonds. The molecule has 3 N–H and O–H groups in total. The summed E-state index contributed by atoms with van der Waals surface area (Å²) >= 11 is 0. The quantitative estimate of drug-likeness (QED) is 0.780. The molecule has 1 saturated heterocycles. The monoisotopic (exact) mass is 363 g/mol. The molecule has 5 nitrogen and oxygen atoms in total. The van der Waals surface area contributed by atoms with Crippen molar-refractivity contribution in [1.29, 1.82) is 5.41 Å². The molecular formula is C18H16F3N3O2. The number of nitrogens with one attached hydrogen (secondary N) is 2. The van der Waals surface area contributed by atoms with E-state index < -0.39 is 30.5 Å². The number of aliphatic hydroxyl groups is 1. The standard InChI is InChI=1S/C18H16F3N3O2/c19-8-18(14-4-16(14)26-17(22)24-18)13-3-12(10(7-25)2-15(13)21)9-1-11(20)6-23-5-9/h1-3,5-6,14,16,25H,4,7-8H2,(H2,22,24)/t14?,16?,18-/m1/s1. The van der Waals surface area contributed by atoms with Gasteiger partial charge in [-0.15, -0.1) is 0 Å². The lowest BCUT2D eigenvalue weighted by Gasteiger charge is -2.37. The van der Waals surface area contributed by atoms with Crippen LogP contribution in [0.1, 0.15) is 17.5 Å². The van der Waals surface area contributed by atoms with Gasteiger partial charge in [0.05, 0.1) is 12.8 Å². The highest BCUT2D eigenvalue weighted by Crippen LogP contribution is 2.51. The van der Waals surface area contributed by atoms with Crippen molar-refractivity contribution < 1.29 is 23.0 Å². The number of aromatic nitrogens is 1. The highest BCUT2D eigenvalue weighted by atomic mass is 19.1. The van der Waals surface area contributed by atoms with Crippen LogP contribution in [-0.2, 0) is 16.9 Å². The third-order valence-electron chi connectivity index (χ3n) is 5.04. The van der Waals surface area contributed by atoms with Crippen molar-refractivity contribution >= 4 is 6.02 Å².